The molecule has 0 aliphatic rings. The third-order valence-corrected chi connectivity index (χ3v) is 5.88. The molecule has 3 aromatic carbocycles. The fraction of sp³-hybridized carbons (Fsp3) is 0.115. The van der Waals surface area contributed by atoms with Crippen molar-refractivity contribution in [2.24, 2.45) is 0 Å². The first-order valence-electron chi connectivity index (χ1n) is 10.0. The second-order valence-electron chi connectivity index (χ2n) is 6.98. The number of hydrogen-bond donors (Lipinski definition) is 0. The highest BCUT2D eigenvalue weighted by molar-refractivity contribution is 9.10. The summed E-state index contributed by atoms with van der Waals surface area (Å²) in [6, 6.07) is 16.9. The van der Waals surface area contributed by atoms with Gasteiger partial charge in [0.2, 0.25) is 0 Å². The monoisotopic (exact) mass is 586 g/mol. The third-order valence-electron chi connectivity index (χ3n) is 4.83. The summed E-state index contributed by atoms with van der Waals surface area (Å²) < 4.78 is 17.7. The molecule has 0 spiro atoms. The third kappa shape index (κ3) is 6.21. The van der Waals surface area contributed by atoms with Crippen LogP contribution in [-0.2, 0) is 4.74 Å². The average molecular weight is 588 g/mol. The highest BCUT2D eigenvalue weighted by Crippen LogP contribution is 2.35. The maximum Gasteiger partial charge on any atom is 0.343 e. The van der Waals surface area contributed by atoms with E-state index < -0.39 is 12.6 Å². The zero-order chi connectivity index (χ0) is 24.7. The smallest absolute Gasteiger partial charge is 0.343 e. The van der Waals surface area contributed by atoms with E-state index in [1.807, 2.05) is 0 Å². The van der Waals surface area contributed by atoms with Crippen molar-refractivity contribution in [2.45, 2.75) is 0 Å². The molecular weight excluding hydrogens is 568 g/mol. The predicted octanol–water partition coefficient (Wildman–Crippen LogP) is 6.16. The second kappa shape index (κ2) is 11.8. The summed E-state index contributed by atoms with van der Waals surface area (Å²) in [7, 11) is 2.83. The molecule has 0 saturated carbocycles. The summed E-state index contributed by atoms with van der Waals surface area (Å²) in [6.45, 7) is -0.457. The van der Waals surface area contributed by atoms with Gasteiger partial charge in [0.1, 0.15) is 5.56 Å². The molecule has 3 aromatic rings. The number of methoxy groups -OCH3 is 2. The van der Waals surface area contributed by atoms with Gasteiger partial charge in [0.05, 0.1) is 14.2 Å². The van der Waals surface area contributed by atoms with Gasteiger partial charge in [-0.25, -0.2) is 4.79 Å². The first kappa shape index (κ1) is 25.4. The van der Waals surface area contributed by atoms with Gasteiger partial charge in [-0.15, -0.1) is 0 Å². The molecule has 0 aliphatic heterocycles. The number of halogens is 2. The zero-order valence-electron chi connectivity index (χ0n) is 18.3. The molecule has 3 rings (SSSR count). The molecule has 0 radical (unpaired) electrons. The Kier molecular flexibility index (Phi) is 8.79. The number of hydrogen-bond acceptors (Lipinski definition) is 6. The van der Waals surface area contributed by atoms with Gasteiger partial charge in [-0.2, -0.15) is 0 Å². The van der Waals surface area contributed by atoms with Gasteiger partial charge >= 0.3 is 5.97 Å². The molecule has 0 amide bonds. The summed E-state index contributed by atoms with van der Waals surface area (Å²) >= 11 is 6.65. The van der Waals surface area contributed by atoms with Crippen molar-refractivity contribution in [3.05, 3.63) is 97.9 Å². The van der Waals surface area contributed by atoms with Crippen LogP contribution in [0.5, 0.6) is 11.5 Å². The molecule has 174 valence electrons. The lowest BCUT2D eigenvalue weighted by molar-refractivity contribution is 0.0470. The molecule has 0 heterocycles. The van der Waals surface area contributed by atoms with Crippen LogP contribution in [0.15, 0.2) is 75.7 Å². The SMILES string of the molecule is COc1ccc(/C=C/C(=O)c2ccc(Br)cc2)c(C(=O)OCC(=O)c2ccc(Br)cc2)c1OC. The fourth-order valence-electron chi connectivity index (χ4n) is 3.09. The summed E-state index contributed by atoms with van der Waals surface area (Å²) in [5.41, 5.74) is 1.33. The number of ketones is 2. The summed E-state index contributed by atoms with van der Waals surface area (Å²) in [5.74, 6) is -0.930. The lowest BCUT2D eigenvalue weighted by Crippen LogP contribution is -2.16. The summed E-state index contributed by atoms with van der Waals surface area (Å²) in [4.78, 5) is 38.0. The standard InChI is InChI=1S/C26H20Br2O6/c1-32-23-14-8-18(7-13-21(29)16-3-9-19(27)10-4-16)24(25(23)33-2)26(31)34-15-22(30)17-5-11-20(28)12-6-17/h3-14H,15H2,1-2H3/b13-7+. The van der Waals surface area contributed by atoms with Crippen LogP contribution in [0, 0.1) is 0 Å². The Balaban J connectivity index is 1.87. The van der Waals surface area contributed by atoms with E-state index in [0.29, 0.717) is 22.4 Å². The van der Waals surface area contributed by atoms with Crippen LogP contribution in [0.1, 0.15) is 36.6 Å². The number of ether oxygens (including phenoxy) is 3. The average Bonchev–Trinajstić information content (AvgIpc) is 2.85. The Labute approximate surface area is 213 Å². The van der Waals surface area contributed by atoms with Crippen molar-refractivity contribution in [1.29, 1.82) is 0 Å². The lowest BCUT2D eigenvalue weighted by Gasteiger charge is -2.14. The van der Waals surface area contributed by atoms with Gasteiger partial charge in [-0.05, 0) is 54.1 Å². The molecule has 0 saturated heterocycles. The van der Waals surface area contributed by atoms with E-state index in [0.717, 1.165) is 8.95 Å². The van der Waals surface area contributed by atoms with E-state index in [9.17, 15) is 14.4 Å². The van der Waals surface area contributed by atoms with E-state index in [1.54, 1.807) is 60.7 Å². The molecule has 0 aliphatic carbocycles. The Hall–Kier alpha value is -3.23. The first-order chi connectivity index (χ1) is 16.3. The summed E-state index contributed by atoms with van der Waals surface area (Å²) in [5, 5.41) is 0. The molecule has 0 aromatic heterocycles. The molecule has 0 N–H and O–H groups in total. The minimum Gasteiger partial charge on any atom is -0.493 e. The van der Waals surface area contributed by atoms with Gasteiger partial charge < -0.3 is 14.2 Å². The Morgan fingerprint density at radius 2 is 1.38 bits per heavy atom. The lowest BCUT2D eigenvalue weighted by atomic mass is 10.0. The molecular formula is C26H20Br2O6. The molecule has 0 unspecified atom stereocenters. The van der Waals surface area contributed by atoms with Crippen LogP contribution in [0.4, 0.5) is 0 Å². The molecule has 6 nitrogen and oxygen atoms in total. The quantitative estimate of drug-likeness (QED) is 0.169. The number of carbonyl (C=O) groups is 3. The van der Waals surface area contributed by atoms with Gasteiger partial charge in [0.15, 0.2) is 29.7 Å². The molecule has 8 heteroatoms. The van der Waals surface area contributed by atoms with Crippen molar-refractivity contribution < 1.29 is 28.6 Å². The summed E-state index contributed by atoms with van der Waals surface area (Å²) in [6.07, 6.45) is 2.85. The second-order valence-corrected chi connectivity index (χ2v) is 8.81. The Bertz CT molecular complexity index is 1230. The molecule has 34 heavy (non-hydrogen) atoms. The van der Waals surface area contributed by atoms with Crippen molar-refractivity contribution in [2.75, 3.05) is 20.8 Å². The molecule has 0 bridgehead atoms. The topological polar surface area (TPSA) is 78.9 Å². The van der Waals surface area contributed by atoms with Crippen molar-refractivity contribution in [3.63, 3.8) is 0 Å². The van der Waals surface area contributed by atoms with E-state index in [2.05, 4.69) is 31.9 Å². The van der Waals surface area contributed by atoms with Crippen molar-refractivity contribution in [3.8, 4) is 11.5 Å². The predicted molar refractivity (Wildman–Crippen MR) is 136 cm³/mol. The Morgan fingerprint density at radius 1 is 0.794 bits per heavy atom. The molecule has 0 atom stereocenters. The zero-order valence-corrected chi connectivity index (χ0v) is 21.5. The van der Waals surface area contributed by atoms with Crippen molar-refractivity contribution >= 4 is 55.5 Å². The number of rotatable bonds is 9. The minimum absolute atomic E-state index is 0.0466. The van der Waals surface area contributed by atoms with E-state index >= 15 is 0 Å². The fourth-order valence-corrected chi connectivity index (χ4v) is 3.62. The maximum absolute atomic E-state index is 13.0. The van der Waals surface area contributed by atoms with Crippen LogP contribution in [0.2, 0.25) is 0 Å². The van der Waals surface area contributed by atoms with Gasteiger partial charge in [0, 0.05) is 20.1 Å². The normalized spacial score (nSPS) is 10.7. The van der Waals surface area contributed by atoms with Crippen LogP contribution in [0.25, 0.3) is 6.08 Å². The minimum atomic E-state index is -0.781. The first-order valence-corrected chi connectivity index (χ1v) is 11.6. The number of allylic oxidation sites excluding steroid dienone is 1. The van der Waals surface area contributed by atoms with Gasteiger partial charge in [-0.3, -0.25) is 9.59 Å². The van der Waals surface area contributed by atoms with Gasteiger partial charge in [-0.1, -0.05) is 56.1 Å². The highest BCUT2D eigenvalue weighted by atomic mass is 79.9. The van der Waals surface area contributed by atoms with Crippen LogP contribution in [0.3, 0.4) is 0 Å². The number of benzene rings is 3. The number of Topliss-reactive ketones (excluding diaryl/α,β-unsaturated/α-hetero) is 1. The van der Waals surface area contributed by atoms with Crippen LogP contribution in [-0.4, -0.2) is 38.4 Å². The van der Waals surface area contributed by atoms with Crippen LogP contribution >= 0.6 is 31.9 Å². The van der Waals surface area contributed by atoms with Crippen molar-refractivity contribution in [1.82, 2.24) is 0 Å². The number of carbonyl (C=O) groups excluding carboxylic acids is 3. The maximum atomic E-state index is 13.0. The van der Waals surface area contributed by atoms with Gasteiger partial charge in [0.25, 0.3) is 0 Å². The van der Waals surface area contributed by atoms with E-state index in [1.165, 1.54) is 26.4 Å². The highest BCUT2D eigenvalue weighted by Gasteiger charge is 2.23. The largest absolute Gasteiger partial charge is 0.493 e. The van der Waals surface area contributed by atoms with Crippen LogP contribution < -0.4 is 9.47 Å². The van der Waals surface area contributed by atoms with E-state index in [-0.39, 0.29) is 22.9 Å². The number of esters is 1. The molecule has 0 fully saturated rings. The Morgan fingerprint density at radius 3 is 1.94 bits per heavy atom. The van der Waals surface area contributed by atoms with E-state index in [4.69, 9.17) is 14.2 Å².